The van der Waals surface area contributed by atoms with Crippen LogP contribution in [0, 0.1) is 11.6 Å². The van der Waals surface area contributed by atoms with Crippen molar-refractivity contribution in [2.45, 2.75) is 6.54 Å². The average molecular weight is 437 g/mol. The number of carbonyl (C=O) groups excluding carboxylic acids is 3. The van der Waals surface area contributed by atoms with Crippen molar-refractivity contribution in [2.75, 3.05) is 19.1 Å². The minimum Gasteiger partial charge on any atom is -0.465 e. The van der Waals surface area contributed by atoms with E-state index in [-0.39, 0.29) is 23.4 Å². The Labute approximate surface area is 182 Å². The van der Waals surface area contributed by atoms with E-state index in [1.54, 1.807) is 24.3 Å². The van der Waals surface area contributed by atoms with Crippen LogP contribution in [0.15, 0.2) is 54.6 Å². The molecule has 1 aliphatic rings. The van der Waals surface area contributed by atoms with Gasteiger partial charge in [0.15, 0.2) is 11.6 Å². The maximum absolute atomic E-state index is 13.8. The van der Waals surface area contributed by atoms with E-state index in [1.807, 2.05) is 0 Å². The average Bonchev–Trinajstić information content (AvgIpc) is 3.15. The highest BCUT2D eigenvalue weighted by atomic mass is 19.2. The Morgan fingerprint density at radius 3 is 2.22 bits per heavy atom. The maximum Gasteiger partial charge on any atom is 0.339 e. The van der Waals surface area contributed by atoms with Crippen molar-refractivity contribution in [2.24, 2.45) is 0 Å². The highest BCUT2D eigenvalue weighted by Gasteiger charge is 2.32. The number of hydrogen-bond acceptors (Lipinski definition) is 5. The van der Waals surface area contributed by atoms with Gasteiger partial charge in [0.05, 0.1) is 37.6 Å². The molecule has 0 bridgehead atoms. The van der Waals surface area contributed by atoms with Gasteiger partial charge in [0, 0.05) is 5.56 Å². The molecule has 3 aromatic carbocycles. The van der Waals surface area contributed by atoms with Crippen LogP contribution in [0.5, 0.6) is 0 Å². The van der Waals surface area contributed by atoms with Crippen molar-refractivity contribution >= 4 is 23.5 Å². The van der Waals surface area contributed by atoms with E-state index in [2.05, 4.69) is 0 Å². The second-order valence-corrected chi connectivity index (χ2v) is 7.11. The summed E-state index contributed by atoms with van der Waals surface area (Å²) in [5.74, 6) is -3.64. The number of amides is 1. The first-order valence-electron chi connectivity index (χ1n) is 9.55. The Kier molecular flexibility index (Phi) is 5.44. The number of anilines is 1. The first-order valence-corrected chi connectivity index (χ1v) is 9.55. The van der Waals surface area contributed by atoms with Crippen molar-refractivity contribution in [1.82, 2.24) is 0 Å². The summed E-state index contributed by atoms with van der Waals surface area (Å²) in [5.41, 5.74) is 2.43. The molecule has 0 aromatic heterocycles. The van der Waals surface area contributed by atoms with Gasteiger partial charge in [-0.3, -0.25) is 4.79 Å². The lowest BCUT2D eigenvalue weighted by Gasteiger charge is -2.20. The molecule has 32 heavy (non-hydrogen) atoms. The molecule has 8 heteroatoms. The van der Waals surface area contributed by atoms with Gasteiger partial charge < -0.3 is 14.4 Å². The number of hydrogen-bond donors (Lipinski definition) is 0. The third kappa shape index (κ3) is 3.60. The van der Waals surface area contributed by atoms with Gasteiger partial charge >= 0.3 is 11.9 Å². The monoisotopic (exact) mass is 437 g/mol. The quantitative estimate of drug-likeness (QED) is 0.567. The third-order valence-corrected chi connectivity index (χ3v) is 5.28. The predicted octanol–water partition coefficient (Wildman–Crippen LogP) is 4.37. The van der Waals surface area contributed by atoms with Gasteiger partial charge in [0.25, 0.3) is 5.91 Å². The summed E-state index contributed by atoms with van der Waals surface area (Å²) >= 11 is 0. The fourth-order valence-corrected chi connectivity index (χ4v) is 3.63. The van der Waals surface area contributed by atoms with Crippen LogP contribution in [0.3, 0.4) is 0 Å². The van der Waals surface area contributed by atoms with Crippen molar-refractivity contribution < 1.29 is 32.6 Å². The molecule has 0 N–H and O–H groups in total. The van der Waals surface area contributed by atoms with Crippen LogP contribution in [0.2, 0.25) is 0 Å². The fourth-order valence-electron chi connectivity index (χ4n) is 3.63. The number of ether oxygens (including phenoxy) is 2. The zero-order valence-corrected chi connectivity index (χ0v) is 17.1. The SMILES string of the molecule is COC(=O)c1ccc2c(c1)C(=O)N(c1cc(-c3ccc(F)c(F)c3)ccc1C(=O)OC)C2. The van der Waals surface area contributed by atoms with Gasteiger partial charge in [-0.1, -0.05) is 18.2 Å². The molecule has 0 atom stereocenters. The number of fused-ring (bicyclic) bond motifs is 1. The summed E-state index contributed by atoms with van der Waals surface area (Å²) in [6, 6.07) is 12.7. The van der Waals surface area contributed by atoms with E-state index in [9.17, 15) is 23.2 Å². The molecule has 0 saturated heterocycles. The molecular weight excluding hydrogens is 420 g/mol. The van der Waals surface area contributed by atoms with Crippen LogP contribution in [-0.4, -0.2) is 32.1 Å². The first kappa shape index (κ1) is 21.2. The first-order chi connectivity index (χ1) is 15.3. The van der Waals surface area contributed by atoms with Crippen LogP contribution in [0.25, 0.3) is 11.1 Å². The third-order valence-electron chi connectivity index (χ3n) is 5.28. The van der Waals surface area contributed by atoms with Crippen molar-refractivity contribution in [3.8, 4) is 11.1 Å². The molecule has 1 heterocycles. The summed E-state index contributed by atoms with van der Waals surface area (Å²) in [7, 11) is 2.47. The van der Waals surface area contributed by atoms with Crippen molar-refractivity contribution in [3.05, 3.63) is 88.5 Å². The Morgan fingerprint density at radius 2 is 1.53 bits per heavy atom. The second-order valence-electron chi connectivity index (χ2n) is 7.11. The summed E-state index contributed by atoms with van der Waals surface area (Å²) < 4.78 is 36.7. The molecule has 1 amide bonds. The lowest BCUT2D eigenvalue weighted by Crippen LogP contribution is -2.25. The normalized spacial score (nSPS) is 12.5. The topological polar surface area (TPSA) is 72.9 Å². The van der Waals surface area contributed by atoms with Gasteiger partial charge in [-0.25, -0.2) is 18.4 Å². The highest BCUT2D eigenvalue weighted by Crippen LogP contribution is 2.35. The van der Waals surface area contributed by atoms with E-state index < -0.39 is 29.5 Å². The molecule has 0 radical (unpaired) electrons. The molecule has 1 aliphatic heterocycles. The minimum atomic E-state index is -1.01. The largest absolute Gasteiger partial charge is 0.465 e. The van der Waals surface area contributed by atoms with E-state index in [1.165, 1.54) is 37.3 Å². The molecule has 3 aromatic rings. The number of benzene rings is 3. The van der Waals surface area contributed by atoms with Gasteiger partial charge in [0.2, 0.25) is 0 Å². The molecule has 6 nitrogen and oxygen atoms in total. The van der Waals surface area contributed by atoms with Crippen LogP contribution >= 0.6 is 0 Å². The molecule has 162 valence electrons. The van der Waals surface area contributed by atoms with Gasteiger partial charge in [-0.2, -0.15) is 0 Å². The highest BCUT2D eigenvalue weighted by molar-refractivity contribution is 6.13. The Hall–Kier alpha value is -4.07. The Bertz CT molecular complexity index is 1270. The maximum atomic E-state index is 13.8. The van der Waals surface area contributed by atoms with E-state index in [4.69, 9.17) is 9.47 Å². The number of esters is 2. The molecule has 0 spiro atoms. The number of carbonyl (C=O) groups is 3. The summed E-state index contributed by atoms with van der Waals surface area (Å²) in [6.07, 6.45) is 0. The molecule has 0 aliphatic carbocycles. The van der Waals surface area contributed by atoms with E-state index >= 15 is 0 Å². The van der Waals surface area contributed by atoms with Crippen LogP contribution in [0.1, 0.15) is 36.6 Å². The smallest absolute Gasteiger partial charge is 0.339 e. The Morgan fingerprint density at radius 1 is 0.844 bits per heavy atom. The van der Waals surface area contributed by atoms with E-state index in [0.717, 1.165) is 12.1 Å². The number of halogens is 2. The van der Waals surface area contributed by atoms with Gasteiger partial charge in [-0.15, -0.1) is 0 Å². The second kappa shape index (κ2) is 8.22. The Balaban J connectivity index is 1.80. The zero-order valence-electron chi connectivity index (χ0n) is 17.1. The lowest BCUT2D eigenvalue weighted by molar-refractivity contribution is 0.0592. The van der Waals surface area contributed by atoms with Crippen LogP contribution in [0.4, 0.5) is 14.5 Å². The van der Waals surface area contributed by atoms with Crippen LogP contribution < -0.4 is 4.90 Å². The zero-order chi connectivity index (χ0) is 23.0. The predicted molar refractivity (Wildman–Crippen MR) is 111 cm³/mol. The number of rotatable bonds is 4. The van der Waals surface area contributed by atoms with Gasteiger partial charge in [-0.05, 0) is 53.1 Å². The van der Waals surface area contributed by atoms with Crippen molar-refractivity contribution in [3.63, 3.8) is 0 Å². The molecule has 0 fully saturated rings. The van der Waals surface area contributed by atoms with Crippen molar-refractivity contribution in [1.29, 1.82) is 0 Å². The standard InChI is InChI=1S/C24H17F2NO5/c1-31-23(29)15-3-4-16-12-27(22(28)18(16)9-15)21-11-14(5-7-17(21)24(30)32-2)13-6-8-19(25)20(26)10-13/h3-11H,12H2,1-2H3. The number of nitrogens with zero attached hydrogens (tertiary/aromatic N) is 1. The fraction of sp³-hybridized carbons (Fsp3) is 0.125. The molecular formula is C24H17F2NO5. The molecule has 4 rings (SSSR count). The van der Waals surface area contributed by atoms with Gasteiger partial charge in [0.1, 0.15) is 0 Å². The van der Waals surface area contributed by atoms with E-state index in [0.29, 0.717) is 22.3 Å². The summed E-state index contributed by atoms with van der Waals surface area (Å²) in [6.45, 7) is 0.154. The molecule has 0 unspecified atom stereocenters. The summed E-state index contributed by atoms with van der Waals surface area (Å²) in [5, 5.41) is 0. The minimum absolute atomic E-state index is 0.133. The van der Waals surface area contributed by atoms with Crippen LogP contribution in [-0.2, 0) is 16.0 Å². The lowest BCUT2D eigenvalue weighted by atomic mass is 10.0. The number of methoxy groups -OCH3 is 2. The molecule has 0 saturated carbocycles. The summed E-state index contributed by atoms with van der Waals surface area (Å²) in [4.78, 5) is 38.8.